The van der Waals surface area contributed by atoms with Crippen molar-refractivity contribution in [2.24, 2.45) is 4.99 Å². The fourth-order valence-corrected chi connectivity index (χ4v) is 3.72. The van der Waals surface area contributed by atoms with E-state index in [4.69, 9.17) is 0 Å². The van der Waals surface area contributed by atoms with Gasteiger partial charge in [0.15, 0.2) is 15.8 Å². The van der Waals surface area contributed by atoms with Gasteiger partial charge in [-0.05, 0) is 32.4 Å². The normalized spacial score (nSPS) is 18.1. The third-order valence-electron chi connectivity index (χ3n) is 4.44. The number of nitrogens with zero attached hydrogens (tertiary/aromatic N) is 1. The number of aliphatic imine (C=N–C) groups is 1. The summed E-state index contributed by atoms with van der Waals surface area (Å²) in [6.07, 6.45) is 0.402. The molecule has 1 heterocycles. The predicted octanol–water partition coefficient (Wildman–Crippen LogP) is 1.49. The van der Waals surface area contributed by atoms with Crippen molar-refractivity contribution in [1.29, 1.82) is 0 Å². The molecule has 0 radical (unpaired) electrons. The molecular formula is C18H28N4O3S. The van der Waals surface area contributed by atoms with E-state index in [0.717, 1.165) is 11.3 Å². The van der Waals surface area contributed by atoms with Crippen LogP contribution < -0.4 is 16.0 Å². The lowest BCUT2D eigenvalue weighted by molar-refractivity contribution is -0.116. The monoisotopic (exact) mass is 380 g/mol. The number of fused-ring (bicyclic) bond motifs is 1. The number of carbonyl (C=O) groups excluding carboxylic acids is 1. The highest BCUT2D eigenvalue weighted by Crippen LogP contribution is 2.31. The van der Waals surface area contributed by atoms with Crippen LogP contribution in [0.3, 0.4) is 0 Å². The first-order valence-corrected chi connectivity index (χ1v) is 10.3. The van der Waals surface area contributed by atoms with Crippen molar-refractivity contribution in [3.8, 4) is 0 Å². The van der Waals surface area contributed by atoms with Gasteiger partial charge in [-0.15, -0.1) is 0 Å². The molecule has 7 nitrogen and oxygen atoms in total. The van der Waals surface area contributed by atoms with Crippen molar-refractivity contribution < 1.29 is 13.2 Å². The minimum Gasteiger partial charge on any atom is -0.356 e. The Morgan fingerprint density at radius 2 is 1.96 bits per heavy atom. The second kappa shape index (κ2) is 8.07. The minimum atomic E-state index is -3.18. The van der Waals surface area contributed by atoms with Crippen LogP contribution in [0.25, 0.3) is 0 Å². The summed E-state index contributed by atoms with van der Waals surface area (Å²) < 4.78 is 23.5. The van der Waals surface area contributed by atoms with Gasteiger partial charge in [0.2, 0.25) is 5.91 Å². The SMILES string of the molecule is CN=C(NCCS(=O)(=O)C(C)(C)C)NCC1CC(=O)Nc2ccccc21. The number of hydrogen-bond donors (Lipinski definition) is 3. The van der Waals surface area contributed by atoms with Crippen LogP contribution in [0.5, 0.6) is 0 Å². The van der Waals surface area contributed by atoms with Crippen LogP contribution in [-0.4, -0.2) is 50.9 Å². The van der Waals surface area contributed by atoms with Gasteiger partial charge < -0.3 is 16.0 Å². The zero-order valence-electron chi connectivity index (χ0n) is 15.8. The highest BCUT2D eigenvalue weighted by atomic mass is 32.2. The second-order valence-electron chi connectivity index (χ2n) is 7.35. The molecule has 0 aromatic heterocycles. The third-order valence-corrected chi connectivity index (χ3v) is 7.05. The molecule has 1 atom stereocenters. The third kappa shape index (κ3) is 4.97. The summed E-state index contributed by atoms with van der Waals surface area (Å²) in [6.45, 7) is 5.90. The van der Waals surface area contributed by atoms with Gasteiger partial charge >= 0.3 is 0 Å². The Morgan fingerprint density at radius 3 is 2.62 bits per heavy atom. The molecule has 0 aliphatic carbocycles. The lowest BCUT2D eigenvalue weighted by Crippen LogP contribution is -2.43. The molecular weight excluding hydrogens is 352 g/mol. The van der Waals surface area contributed by atoms with Gasteiger partial charge in [-0.1, -0.05) is 18.2 Å². The fourth-order valence-electron chi connectivity index (χ4n) is 2.73. The molecule has 2 rings (SSSR count). The van der Waals surface area contributed by atoms with Crippen LogP contribution in [0.15, 0.2) is 29.3 Å². The predicted molar refractivity (Wildman–Crippen MR) is 105 cm³/mol. The molecule has 1 amide bonds. The van der Waals surface area contributed by atoms with E-state index in [9.17, 15) is 13.2 Å². The van der Waals surface area contributed by atoms with E-state index in [1.54, 1.807) is 27.8 Å². The Balaban J connectivity index is 1.91. The van der Waals surface area contributed by atoms with Crippen LogP contribution in [0.1, 0.15) is 38.7 Å². The Labute approximate surface area is 155 Å². The van der Waals surface area contributed by atoms with E-state index in [-0.39, 0.29) is 24.1 Å². The number of rotatable bonds is 5. The van der Waals surface area contributed by atoms with Gasteiger partial charge in [0.05, 0.1) is 10.5 Å². The molecule has 3 N–H and O–H groups in total. The van der Waals surface area contributed by atoms with Crippen molar-refractivity contribution in [2.75, 3.05) is 31.2 Å². The Hall–Kier alpha value is -2.09. The summed E-state index contributed by atoms with van der Waals surface area (Å²) in [5, 5.41) is 9.10. The van der Waals surface area contributed by atoms with Gasteiger partial charge in [0.25, 0.3) is 0 Å². The molecule has 0 spiro atoms. The molecule has 0 saturated carbocycles. The number of guanidine groups is 1. The number of hydrogen-bond acceptors (Lipinski definition) is 4. The molecule has 1 aliphatic heterocycles. The summed E-state index contributed by atoms with van der Waals surface area (Å²) >= 11 is 0. The van der Waals surface area contributed by atoms with E-state index in [1.807, 2.05) is 24.3 Å². The molecule has 0 fully saturated rings. The smallest absolute Gasteiger partial charge is 0.225 e. The van der Waals surface area contributed by atoms with Crippen molar-refractivity contribution in [3.63, 3.8) is 0 Å². The van der Waals surface area contributed by atoms with Gasteiger partial charge in [-0.3, -0.25) is 9.79 Å². The first kappa shape index (κ1) is 20.2. The Bertz CT molecular complexity index is 782. The van der Waals surface area contributed by atoms with Crippen LogP contribution >= 0.6 is 0 Å². The van der Waals surface area contributed by atoms with Crippen LogP contribution in [-0.2, 0) is 14.6 Å². The number of para-hydroxylation sites is 1. The fraction of sp³-hybridized carbons (Fsp3) is 0.556. The Morgan fingerprint density at radius 1 is 1.27 bits per heavy atom. The molecule has 1 aromatic carbocycles. The maximum atomic E-state index is 12.2. The van der Waals surface area contributed by atoms with Gasteiger partial charge in [0.1, 0.15) is 0 Å². The van der Waals surface area contributed by atoms with E-state index >= 15 is 0 Å². The molecule has 1 aromatic rings. The maximum absolute atomic E-state index is 12.2. The van der Waals surface area contributed by atoms with Gasteiger partial charge in [-0.25, -0.2) is 8.42 Å². The standard InChI is InChI=1S/C18H28N4O3S/c1-18(2,3)26(24,25)10-9-20-17(19-4)21-12-13-11-16(23)22-15-8-6-5-7-14(13)15/h5-8,13H,9-12H2,1-4H3,(H,22,23)(H2,19,20,21). The number of benzene rings is 1. The largest absolute Gasteiger partial charge is 0.356 e. The molecule has 0 saturated heterocycles. The topological polar surface area (TPSA) is 99.7 Å². The van der Waals surface area contributed by atoms with Gasteiger partial charge in [0, 0.05) is 38.2 Å². The summed E-state index contributed by atoms with van der Waals surface area (Å²) in [5.41, 5.74) is 1.93. The van der Waals surface area contributed by atoms with Crippen molar-refractivity contribution in [1.82, 2.24) is 10.6 Å². The van der Waals surface area contributed by atoms with E-state index in [0.29, 0.717) is 18.9 Å². The van der Waals surface area contributed by atoms with E-state index in [2.05, 4.69) is 20.9 Å². The number of sulfone groups is 1. The highest BCUT2D eigenvalue weighted by molar-refractivity contribution is 7.92. The van der Waals surface area contributed by atoms with Crippen LogP contribution in [0.2, 0.25) is 0 Å². The van der Waals surface area contributed by atoms with Crippen LogP contribution in [0, 0.1) is 0 Å². The average Bonchev–Trinajstić information content (AvgIpc) is 2.56. The summed E-state index contributed by atoms with van der Waals surface area (Å²) in [4.78, 5) is 16.0. The summed E-state index contributed by atoms with van der Waals surface area (Å²) in [6, 6.07) is 7.75. The molecule has 8 heteroatoms. The van der Waals surface area contributed by atoms with E-state index < -0.39 is 14.6 Å². The quantitative estimate of drug-likeness (QED) is 0.531. The minimum absolute atomic E-state index is 0.00489. The summed E-state index contributed by atoms with van der Waals surface area (Å²) in [7, 11) is -1.55. The average molecular weight is 381 g/mol. The van der Waals surface area contributed by atoms with Gasteiger partial charge in [-0.2, -0.15) is 0 Å². The van der Waals surface area contributed by atoms with Crippen molar-refractivity contribution in [2.45, 2.75) is 37.9 Å². The van der Waals surface area contributed by atoms with Crippen LogP contribution in [0.4, 0.5) is 5.69 Å². The summed E-state index contributed by atoms with van der Waals surface area (Å²) in [5.74, 6) is 0.593. The second-order valence-corrected chi connectivity index (χ2v) is 10.2. The lowest BCUT2D eigenvalue weighted by Gasteiger charge is -2.26. The van der Waals surface area contributed by atoms with Crippen molar-refractivity contribution >= 4 is 27.4 Å². The highest BCUT2D eigenvalue weighted by Gasteiger charge is 2.28. The molecule has 26 heavy (non-hydrogen) atoms. The maximum Gasteiger partial charge on any atom is 0.225 e. The van der Waals surface area contributed by atoms with E-state index in [1.165, 1.54) is 0 Å². The number of nitrogens with one attached hydrogen (secondary N) is 3. The van der Waals surface area contributed by atoms with Crippen molar-refractivity contribution in [3.05, 3.63) is 29.8 Å². The molecule has 1 unspecified atom stereocenters. The zero-order chi connectivity index (χ0) is 19.4. The number of carbonyl (C=O) groups is 1. The molecule has 0 bridgehead atoms. The lowest BCUT2D eigenvalue weighted by atomic mass is 9.90. The molecule has 144 valence electrons. The number of amides is 1. The zero-order valence-corrected chi connectivity index (χ0v) is 16.6. The first-order valence-electron chi connectivity index (χ1n) is 8.69. The molecule has 1 aliphatic rings. The first-order chi connectivity index (χ1) is 12.1. The Kier molecular flexibility index (Phi) is 6.28. The number of anilines is 1.